The molecule has 2 rings (SSSR count). The summed E-state index contributed by atoms with van der Waals surface area (Å²) < 4.78 is 19.1. The molecule has 0 unspecified atom stereocenters. The highest BCUT2D eigenvalue weighted by atomic mass is 35.5. The maximum atomic E-state index is 13.5. The second kappa shape index (κ2) is 3.88. The van der Waals surface area contributed by atoms with Crippen LogP contribution in [0.3, 0.4) is 0 Å². The molecule has 1 aromatic carbocycles. The smallest absolute Gasteiger partial charge is 0.341 e. The summed E-state index contributed by atoms with van der Waals surface area (Å²) in [5.41, 5.74) is -0.184. The monoisotopic (exact) mass is 258 g/mol. The van der Waals surface area contributed by atoms with E-state index in [-0.39, 0.29) is 11.3 Å². The van der Waals surface area contributed by atoms with Gasteiger partial charge in [-0.15, -0.1) is 0 Å². The minimum Gasteiger partial charge on any atom is -0.487 e. The van der Waals surface area contributed by atoms with Crippen LogP contribution in [0.15, 0.2) is 6.07 Å². The van der Waals surface area contributed by atoms with Crippen LogP contribution in [0.5, 0.6) is 5.75 Å². The molecule has 0 aliphatic carbocycles. The summed E-state index contributed by atoms with van der Waals surface area (Å²) in [6.45, 7) is 3.72. The van der Waals surface area contributed by atoms with E-state index in [4.69, 9.17) is 21.4 Å². The Morgan fingerprint density at radius 1 is 1.59 bits per heavy atom. The third kappa shape index (κ3) is 2.09. The zero-order chi connectivity index (χ0) is 12.8. The van der Waals surface area contributed by atoms with Crippen LogP contribution >= 0.6 is 11.6 Å². The van der Waals surface area contributed by atoms with Gasteiger partial charge in [-0.1, -0.05) is 11.6 Å². The fourth-order valence-corrected chi connectivity index (χ4v) is 2.14. The van der Waals surface area contributed by atoms with Crippen molar-refractivity contribution in [2.24, 2.45) is 0 Å². The first kappa shape index (κ1) is 12.2. The molecule has 1 heterocycles. The molecular weight excluding hydrogens is 247 g/mol. The number of rotatable bonds is 1. The molecule has 0 radical (unpaired) electrons. The molecule has 92 valence electrons. The van der Waals surface area contributed by atoms with Crippen molar-refractivity contribution in [3.63, 3.8) is 0 Å². The highest BCUT2D eigenvalue weighted by Gasteiger charge is 2.32. The average Bonchev–Trinajstić information content (AvgIpc) is 2.19. The van der Waals surface area contributed by atoms with E-state index in [9.17, 15) is 9.18 Å². The molecule has 17 heavy (non-hydrogen) atoms. The van der Waals surface area contributed by atoms with Crippen molar-refractivity contribution in [1.29, 1.82) is 0 Å². The lowest BCUT2D eigenvalue weighted by Crippen LogP contribution is -2.33. The highest BCUT2D eigenvalue weighted by molar-refractivity contribution is 6.34. The van der Waals surface area contributed by atoms with Gasteiger partial charge in [0.15, 0.2) is 0 Å². The zero-order valence-electron chi connectivity index (χ0n) is 9.51. The number of aromatic carboxylic acids is 1. The number of benzene rings is 1. The molecule has 0 saturated heterocycles. The van der Waals surface area contributed by atoms with Gasteiger partial charge in [-0.25, -0.2) is 9.18 Å². The van der Waals surface area contributed by atoms with Crippen LogP contribution < -0.4 is 4.74 Å². The molecule has 1 N–H and O–H groups in total. The van der Waals surface area contributed by atoms with Gasteiger partial charge in [0, 0.05) is 0 Å². The number of hydrogen-bond acceptors (Lipinski definition) is 2. The summed E-state index contributed by atoms with van der Waals surface area (Å²) in [6.07, 6.45) is 1.29. The van der Waals surface area contributed by atoms with E-state index in [1.807, 2.05) is 13.8 Å². The van der Waals surface area contributed by atoms with Gasteiger partial charge in [0.25, 0.3) is 0 Å². The van der Waals surface area contributed by atoms with Crippen molar-refractivity contribution in [3.05, 3.63) is 28.0 Å². The van der Waals surface area contributed by atoms with E-state index in [0.717, 1.165) is 0 Å². The molecule has 0 saturated carbocycles. The third-order valence-electron chi connectivity index (χ3n) is 2.84. The van der Waals surface area contributed by atoms with Gasteiger partial charge >= 0.3 is 5.97 Å². The Hall–Kier alpha value is -1.29. The van der Waals surface area contributed by atoms with Crippen molar-refractivity contribution in [2.75, 3.05) is 0 Å². The normalized spacial score (nSPS) is 17.2. The maximum absolute atomic E-state index is 13.5. The maximum Gasteiger partial charge on any atom is 0.341 e. The van der Waals surface area contributed by atoms with Gasteiger partial charge in [-0.05, 0) is 38.3 Å². The minimum absolute atomic E-state index is 0.195. The van der Waals surface area contributed by atoms with Crippen LogP contribution in [0.4, 0.5) is 4.39 Å². The Labute approximate surface area is 103 Å². The van der Waals surface area contributed by atoms with Gasteiger partial charge in [0.2, 0.25) is 0 Å². The van der Waals surface area contributed by atoms with Crippen LogP contribution in [0.25, 0.3) is 0 Å². The largest absolute Gasteiger partial charge is 0.487 e. The lowest BCUT2D eigenvalue weighted by Gasteiger charge is -2.33. The topological polar surface area (TPSA) is 46.5 Å². The predicted octanol–water partition coefficient (Wildman–Crippen LogP) is 3.28. The summed E-state index contributed by atoms with van der Waals surface area (Å²) in [4.78, 5) is 11.1. The Balaban J connectivity index is 2.66. The molecule has 0 atom stereocenters. The first-order valence-electron chi connectivity index (χ1n) is 5.25. The number of halogens is 2. The van der Waals surface area contributed by atoms with Crippen LogP contribution in [-0.2, 0) is 6.42 Å². The van der Waals surface area contributed by atoms with Crippen LogP contribution in [0, 0.1) is 5.82 Å². The van der Waals surface area contributed by atoms with E-state index in [0.29, 0.717) is 18.4 Å². The molecular formula is C12H12ClFO3. The first-order chi connectivity index (χ1) is 7.82. The predicted molar refractivity (Wildman–Crippen MR) is 61.4 cm³/mol. The van der Waals surface area contributed by atoms with Crippen molar-refractivity contribution >= 4 is 17.6 Å². The third-order valence-corrected chi connectivity index (χ3v) is 3.21. The second-order valence-electron chi connectivity index (χ2n) is 4.70. The van der Waals surface area contributed by atoms with E-state index < -0.39 is 22.4 Å². The fraction of sp³-hybridized carbons (Fsp3) is 0.417. The van der Waals surface area contributed by atoms with Gasteiger partial charge in [0.1, 0.15) is 22.7 Å². The molecule has 3 nitrogen and oxygen atoms in total. The fourth-order valence-electron chi connectivity index (χ4n) is 1.92. The molecule has 0 aromatic heterocycles. The molecule has 0 spiro atoms. The second-order valence-corrected chi connectivity index (χ2v) is 5.08. The molecule has 0 amide bonds. The Morgan fingerprint density at radius 2 is 2.24 bits per heavy atom. The number of carbonyl (C=O) groups is 1. The Morgan fingerprint density at radius 3 is 2.82 bits per heavy atom. The summed E-state index contributed by atoms with van der Waals surface area (Å²) >= 11 is 5.68. The number of ether oxygens (including phenoxy) is 1. The zero-order valence-corrected chi connectivity index (χ0v) is 10.3. The summed E-state index contributed by atoms with van der Waals surface area (Å²) in [7, 11) is 0. The summed E-state index contributed by atoms with van der Waals surface area (Å²) in [5, 5.41) is 8.69. The number of aryl methyl sites for hydroxylation is 1. The lowest BCUT2D eigenvalue weighted by atomic mass is 9.92. The van der Waals surface area contributed by atoms with Crippen LogP contribution in [0.2, 0.25) is 5.02 Å². The van der Waals surface area contributed by atoms with E-state index in [2.05, 4.69) is 0 Å². The SMILES string of the molecule is CC1(C)CCc2cc(F)c(Cl)c(C(=O)O)c2O1. The molecule has 0 fully saturated rings. The van der Waals surface area contributed by atoms with Crippen molar-refractivity contribution < 1.29 is 19.0 Å². The standard InChI is InChI=1S/C12H12ClFO3/c1-12(2)4-3-6-5-7(14)9(13)8(11(15)16)10(6)17-12/h5H,3-4H2,1-2H3,(H,15,16). The Bertz CT molecular complexity index is 497. The highest BCUT2D eigenvalue weighted by Crippen LogP contribution is 2.40. The number of hydrogen-bond donors (Lipinski definition) is 1. The minimum atomic E-state index is -1.27. The van der Waals surface area contributed by atoms with Crippen LogP contribution in [-0.4, -0.2) is 16.7 Å². The number of carboxylic acid groups (broad SMARTS) is 1. The van der Waals surface area contributed by atoms with E-state index in [1.165, 1.54) is 6.07 Å². The van der Waals surface area contributed by atoms with Crippen LogP contribution in [0.1, 0.15) is 36.2 Å². The van der Waals surface area contributed by atoms with Gasteiger partial charge in [-0.3, -0.25) is 0 Å². The first-order valence-corrected chi connectivity index (χ1v) is 5.63. The van der Waals surface area contributed by atoms with Crippen molar-refractivity contribution in [1.82, 2.24) is 0 Å². The van der Waals surface area contributed by atoms with Gasteiger partial charge < -0.3 is 9.84 Å². The quantitative estimate of drug-likeness (QED) is 0.841. The molecule has 0 bridgehead atoms. The van der Waals surface area contributed by atoms with Crippen molar-refractivity contribution in [3.8, 4) is 5.75 Å². The van der Waals surface area contributed by atoms with E-state index in [1.54, 1.807) is 0 Å². The van der Waals surface area contributed by atoms with Gasteiger partial charge in [-0.2, -0.15) is 0 Å². The Kier molecular flexibility index (Phi) is 2.78. The van der Waals surface area contributed by atoms with Crippen molar-refractivity contribution in [2.45, 2.75) is 32.3 Å². The number of fused-ring (bicyclic) bond motifs is 1. The average molecular weight is 259 g/mol. The van der Waals surface area contributed by atoms with Gasteiger partial charge in [0.05, 0.1) is 5.02 Å². The summed E-state index contributed by atoms with van der Waals surface area (Å²) in [6, 6.07) is 1.25. The molecule has 5 heteroatoms. The lowest BCUT2D eigenvalue weighted by molar-refractivity contribution is 0.0643. The molecule has 1 aromatic rings. The molecule has 1 aliphatic heterocycles. The molecule has 1 aliphatic rings. The van der Waals surface area contributed by atoms with E-state index >= 15 is 0 Å². The number of carboxylic acids is 1. The summed E-state index contributed by atoms with van der Waals surface area (Å²) in [5.74, 6) is -1.80.